The highest BCUT2D eigenvalue weighted by atomic mass is 127. The Kier molecular flexibility index (Phi) is 6.16. The van der Waals surface area contributed by atoms with Gasteiger partial charge in [-0.15, -0.1) is 0 Å². The molecule has 0 bridgehead atoms. The van der Waals surface area contributed by atoms with E-state index in [-0.39, 0.29) is 26.1 Å². The zero-order valence-electron chi connectivity index (χ0n) is 10.7. The van der Waals surface area contributed by atoms with Gasteiger partial charge in [0.05, 0.1) is 20.7 Å². The fraction of sp³-hybridized carbons (Fsp3) is 0.538. The average molecular weight is 526 g/mol. The van der Waals surface area contributed by atoms with Crippen molar-refractivity contribution in [2.75, 3.05) is 6.61 Å². The fourth-order valence-electron chi connectivity index (χ4n) is 2.29. The van der Waals surface area contributed by atoms with Crippen molar-refractivity contribution in [3.63, 3.8) is 0 Å². The van der Waals surface area contributed by atoms with Crippen LogP contribution in [-0.2, 0) is 4.74 Å². The van der Waals surface area contributed by atoms with Gasteiger partial charge in [-0.3, -0.25) is 0 Å². The number of aliphatic hydroxyl groups is 3. The first-order valence-electron chi connectivity index (χ1n) is 6.24. The number of ether oxygens (including phenoxy) is 1. The van der Waals surface area contributed by atoms with E-state index in [4.69, 9.17) is 9.84 Å². The summed E-state index contributed by atoms with van der Waals surface area (Å²) in [5.41, 5.74) is 0.0691. The van der Waals surface area contributed by atoms with Crippen molar-refractivity contribution < 1.29 is 28.8 Å². The van der Waals surface area contributed by atoms with E-state index < -0.39 is 36.1 Å². The van der Waals surface area contributed by atoms with Crippen LogP contribution in [0, 0.1) is 11.6 Å². The van der Waals surface area contributed by atoms with Gasteiger partial charge in [-0.1, -0.05) is 45.2 Å². The van der Waals surface area contributed by atoms with Crippen LogP contribution in [0.15, 0.2) is 12.1 Å². The van der Waals surface area contributed by atoms with Gasteiger partial charge < -0.3 is 20.1 Å². The van der Waals surface area contributed by atoms with Crippen LogP contribution in [0.2, 0.25) is 0 Å². The number of aliphatic hydroxyl groups excluding tert-OH is 3. The molecule has 118 valence electrons. The van der Waals surface area contributed by atoms with Gasteiger partial charge in [0.2, 0.25) is 0 Å². The number of hydrogen-bond donors (Lipinski definition) is 3. The molecule has 0 radical (unpaired) electrons. The van der Waals surface area contributed by atoms with E-state index in [9.17, 15) is 19.0 Å². The number of rotatable bonds is 4. The smallest absolute Gasteiger partial charge is 0.132 e. The molecule has 1 fully saturated rings. The molecule has 2 rings (SSSR count). The summed E-state index contributed by atoms with van der Waals surface area (Å²) < 4.78 is 32.9. The molecule has 1 heterocycles. The molecule has 1 aromatic rings. The summed E-state index contributed by atoms with van der Waals surface area (Å²) in [6.45, 7) is -0.375. The first-order valence-corrected chi connectivity index (χ1v) is 8.73. The van der Waals surface area contributed by atoms with Crippen LogP contribution in [0.1, 0.15) is 29.8 Å². The summed E-state index contributed by atoms with van der Waals surface area (Å²) in [5, 5.41) is 28.7. The zero-order valence-corrected chi connectivity index (χ0v) is 15.0. The summed E-state index contributed by atoms with van der Waals surface area (Å²) in [7, 11) is 0. The highest BCUT2D eigenvalue weighted by Crippen LogP contribution is 2.37. The van der Waals surface area contributed by atoms with Gasteiger partial charge in [0.25, 0.3) is 0 Å². The maximum Gasteiger partial charge on any atom is 0.132 e. The van der Waals surface area contributed by atoms with Crippen LogP contribution < -0.4 is 0 Å². The third kappa shape index (κ3) is 3.83. The first-order chi connectivity index (χ1) is 9.85. The molecule has 4 atom stereocenters. The van der Waals surface area contributed by atoms with E-state index in [1.807, 2.05) is 45.2 Å². The van der Waals surface area contributed by atoms with E-state index in [1.165, 1.54) is 6.07 Å². The molecule has 0 aromatic heterocycles. The van der Waals surface area contributed by atoms with E-state index in [1.54, 1.807) is 0 Å². The fourth-order valence-corrected chi connectivity index (χ4v) is 3.06. The molecule has 1 aliphatic heterocycles. The third-order valence-electron chi connectivity index (χ3n) is 3.42. The van der Waals surface area contributed by atoms with Gasteiger partial charge in [-0.25, -0.2) is 8.78 Å². The van der Waals surface area contributed by atoms with Crippen LogP contribution in [0.3, 0.4) is 0 Å². The van der Waals surface area contributed by atoms with E-state index in [2.05, 4.69) is 0 Å². The molecule has 1 saturated heterocycles. The zero-order chi connectivity index (χ0) is 15.7. The summed E-state index contributed by atoms with van der Waals surface area (Å²) in [5.74, 6) is -1.61. The van der Waals surface area contributed by atoms with Crippen LogP contribution in [-0.4, -0.2) is 36.1 Å². The van der Waals surface area contributed by atoms with Crippen LogP contribution in [0.4, 0.5) is 8.78 Å². The maximum absolute atomic E-state index is 14.0. The lowest BCUT2D eigenvalue weighted by Gasteiger charge is -2.18. The molecule has 0 amide bonds. The Bertz CT molecular complexity index is 515. The lowest BCUT2D eigenvalue weighted by molar-refractivity contribution is -0.0234. The number of alkyl halides is 2. The second-order valence-corrected chi connectivity index (χ2v) is 9.89. The molecule has 0 spiro atoms. The molecule has 3 N–H and O–H groups in total. The Hall–Kier alpha value is 0.380. The Morgan fingerprint density at radius 2 is 1.95 bits per heavy atom. The second-order valence-electron chi connectivity index (χ2n) is 4.82. The Labute approximate surface area is 147 Å². The molecule has 8 heteroatoms. The van der Waals surface area contributed by atoms with E-state index in [0.717, 1.165) is 0 Å². The van der Waals surface area contributed by atoms with Crippen molar-refractivity contribution in [3.8, 4) is 0 Å². The van der Waals surface area contributed by atoms with E-state index in [0.29, 0.717) is 6.07 Å². The van der Waals surface area contributed by atoms with Crippen molar-refractivity contribution in [1.82, 2.24) is 0 Å². The lowest BCUT2D eigenvalue weighted by atomic mass is 9.99. The monoisotopic (exact) mass is 526 g/mol. The Morgan fingerprint density at radius 1 is 1.29 bits per heavy atom. The molecule has 1 aliphatic rings. The van der Waals surface area contributed by atoms with Gasteiger partial charge in [0.1, 0.15) is 23.8 Å². The number of hydrogen-bond acceptors (Lipinski definition) is 4. The third-order valence-corrected chi connectivity index (χ3v) is 4.79. The topological polar surface area (TPSA) is 69.9 Å². The van der Waals surface area contributed by atoms with Gasteiger partial charge in [-0.05, 0) is 6.07 Å². The van der Waals surface area contributed by atoms with Crippen molar-refractivity contribution >= 4 is 45.2 Å². The minimum atomic E-state index is -1.08. The highest BCUT2D eigenvalue weighted by Gasteiger charge is 2.36. The lowest BCUT2D eigenvalue weighted by Crippen LogP contribution is -2.24. The predicted octanol–water partition coefficient (Wildman–Crippen LogP) is 2.38. The largest absolute Gasteiger partial charge is 0.394 e. The van der Waals surface area contributed by atoms with Gasteiger partial charge in [0.15, 0.2) is 0 Å². The quantitative estimate of drug-likeness (QED) is 0.417. The van der Waals surface area contributed by atoms with Crippen molar-refractivity contribution in [3.05, 3.63) is 34.9 Å². The number of benzene rings is 1. The Balaban J connectivity index is 2.34. The van der Waals surface area contributed by atoms with Crippen LogP contribution in [0.25, 0.3) is 0 Å². The van der Waals surface area contributed by atoms with Crippen molar-refractivity contribution in [2.45, 2.75) is 32.8 Å². The second kappa shape index (κ2) is 7.30. The predicted molar refractivity (Wildman–Crippen MR) is 88.5 cm³/mol. The SMILES string of the molecule is OC[C@H]1O[C@@H](c2cc(C(O)C(I)I)c(F)cc2F)C[C@@H]1O. The van der Waals surface area contributed by atoms with Gasteiger partial charge >= 0.3 is 0 Å². The molecule has 21 heavy (non-hydrogen) atoms. The summed E-state index contributed by atoms with van der Waals surface area (Å²) in [4.78, 5) is 0. The van der Waals surface area contributed by atoms with Crippen molar-refractivity contribution in [1.29, 1.82) is 0 Å². The molecule has 1 aromatic carbocycles. The van der Waals surface area contributed by atoms with Crippen LogP contribution in [0.5, 0.6) is 0 Å². The minimum Gasteiger partial charge on any atom is -0.394 e. The van der Waals surface area contributed by atoms with Gasteiger partial charge in [0, 0.05) is 23.6 Å². The first kappa shape index (κ1) is 17.7. The molecule has 0 saturated carbocycles. The molecular formula is C13H14F2I2O4. The molecule has 0 aliphatic carbocycles. The van der Waals surface area contributed by atoms with E-state index >= 15 is 0 Å². The van der Waals surface area contributed by atoms with Crippen molar-refractivity contribution in [2.24, 2.45) is 0 Å². The molecule has 1 unspecified atom stereocenters. The average Bonchev–Trinajstić information content (AvgIpc) is 2.79. The minimum absolute atomic E-state index is 0.00858. The van der Waals surface area contributed by atoms with Crippen LogP contribution >= 0.6 is 45.2 Å². The van der Waals surface area contributed by atoms with Gasteiger partial charge in [-0.2, -0.15) is 0 Å². The highest BCUT2D eigenvalue weighted by molar-refractivity contribution is 14.2. The number of halogens is 4. The summed E-state index contributed by atoms with van der Waals surface area (Å²) in [6, 6.07) is 1.95. The standard InChI is InChI=1S/C13H14F2I2O4/c14-7-2-8(15)6(12(20)13(16)17)1-5(7)10-3-9(19)11(4-18)21-10/h1-2,9-13,18-20H,3-4H2/t9-,10+,11+,12?/m0/s1. The maximum atomic E-state index is 14.0. The normalized spacial score (nSPS) is 27.3. The molecule has 4 nitrogen and oxygen atoms in total. The Morgan fingerprint density at radius 3 is 2.48 bits per heavy atom. The summed E-state index contributed by atoms with van der Waals surface area (Å²) in [6.07, 6.45) is -3.42. The summed E-state index contributed by atoms with van der Waals surface area (Å²) >= 11 is 3.88. The molecular weight excluding hydrogens is 512 g/mol.